The number of furan rings is 1. The van der Waals surface area contributed by atoms with Crippen LogP contribution in [0.25, 0.3) is 22.5 Å². The second kappa shape index (κ2) is 10.7. The van der Waals surface area contributed by atoms with Crippen LogP contribution >= 0.6 is 0 Å². The number of benzene rings is 2. The van der Waals surface area contributed by atoms with E-state index in [1.807, 2.05) is 55.5 Å². The minimum Gasteiger partial charge on any atom is -0.493 e. The van der Waals surface area contributed by atoms with Gasteiger partial charge in [-0.15, -0.1) is 0 Å². The highest BCUT2D eigenvalue weighted by Crippen LogP contribution is 2.32. The zero-order valence-electron chi connectivity index (χ0n) is 18.6. The molecule has 2 aromatic heterocycles. The fourth-order valence-electron chi connectivity index (χ4n) is 3.86. The number of hydrogen-bond acceptors (Lipinski definition) is 5. The van der Waals surface area contributed by atoms with Crippen LogP contribution in [0.3, 0.4) is 0 Å². The smallest absolute Gasteiger partial charge is 0.303 e. The van der Waals surface area contributed by atoms with Crippen molar-refractivity contribution in [3.63, 3.8) is 0 Å². The maximum Gasteiger partial charge on any atom is 0.303 e. The summed E-state index contributed by atoms with van der Waals surface area (Å²) in [4.78, 5) is 10.6. The van der Waals surface area contributed by atoms with E-state index in [-0.39, 0.29) is 6.42 Å². The Morgan fingerprint density at radius 1 is 0.970 bits per heavy atom. The summed E-state index contributed by atoms with van der Waals surface area (Å²) in [7, 11) is 0. The topological polar surface area (TPSA) is 85.7 Å². The van der Waals surface area contributed by atoms with Gasteiger partial charge in [-0.2, -0.15) is 0 Å². The average Bonchev–Trinajstić information content (AvgIpc) is 3.47. The number of aliphatic carboxylic acids is 1. The number of aryl methyl sites for hydroxylation is 1. The zero-order chi connectivity index (χ0) is 23.0. The highest BCUT2D eigenvalue weighted by molar-refractivity contribution is 5.71. The Hall–Kier alpha value is -3.80. The predicted molar refractivity (Wildman–Crippen MR) is 125 cm³/mol. The molecule has 0 bridgehead atoms. The van der Waals surface area contributed by atoms with Crippen molar-refractivity contribution in [3.8, 4) is 28.2 Å². The fraction of sp³-hybridized carbons (Fsp3) is 0.259. The van der Waals surface area contributed by atoms with E-state index < -0.39 is 5.97 Å². The Bertz CT molecular complexity index is 1180. The van der Waals surface area contributed by atoms with Gasteiger partial charge in [0.05, 0.1) is 18.6 Å². The zero-order valence-corrected chi connectivity index (χ0v) is 18.6. The number of para-hydroxylation sites is 1. The van der Waals surface area contributed by atoms with E-state index >= 15 is 0 Å². The molecule has 0 aliphatic heterocycles. The summed E-state index contributed by atoms with van der Waals surface area (Å²) in [5.41, 5.74) is 4.93. The van der Waals surface area contributed by atoms with E-state index in [9.17, 15) is 4.79 Å². The van der Waals surface area contributed by atoms with Crippen molar-refractivity contribution in [3.05, 3.63) is 83.9 Å². The number of carbonyl (C=O) groups is 1. The van der Waals surface area contributed by atoms with Gasteiger partial charge in [-0.05, 0) is 49.9 Å². The Morgan fingerprint density at radius 3 is 2.52 bits per heavy atom. The van der Waals surface area contributed by atoms with Gasteiger partial charge in [-0.1, -0.05) is 47.6 Å². The van der Waals surface area contributed by atoms with Gasteiger partial charge < -0.3 is 18.8 Å². The fourth-order valence-corrected chi connectivity index (χ4v) is 3.86. The lowest BCUT2D eigenvalue weighted by atomic mass is 9.98. The van der Waals surface area contributed by atoms with Crippen LogP contribution in [0.1, 0.15) is 42.7 Å². The number of unbranched alkanes of at least 4 members (excludes halogenated alkanes) is 2. The van der Waals surface area contributed by atoms with E-state index in [1.54, 1.807) is 6.26 Å². The first-order valence-corrected chi connectivity index (χ1v) is 11.1. The maximum absolute atomic E-state index is 10.6. The molecule has 33 heavy (non-hydrogen) atoms. The van der Waals surface area contributed by atoms with Gasteiger partial charge in [-0.3, -0.25) is 4.79 Å². The van der Waals surface area contributed by atoms with E-state index in [0.717, 1.165) is 58.1 Å². The molecule has 0 radical (unpaired) electrons. The standard InChI is InChI=1S/C27H27NO5/c1-19-27(21-14-12-20(13-15-21)24-10-7-17-32-24)23(28-33-19)18-22-8-4-5-9-25(22)31-16-6-2-3-11-26(29)30/h4-5,7-10,12-15,17H,2-3,6,11,16,18H2,1H3,(H,29,30). The molecular weight excluding hydrogens is 418 g/mol. The van der Waals surface area contributed by atoms with E-state index in [2.05, 4.69) is 17.3 Å². The third kappa shape index (κ3) is 5.71. The summed E-state index contributed by atoms with van der Waals surface area (Å²) in [5.74, 6) is 1.66. The summed E-state index contributed by atoms with van der Waals surface area (Å²) in [6, 6.07) is 19.9. The lowest BCUT2D eigenvalue weighted by molar-refractivity contribution is -0.137. The Balaban J connectivity index is 1.46. The number of hydrogen-bond donors (Lipinski definition) is 1. The monoisotopic (exact) mass is 445 g/mol. The second-order valence-corrected chi connectivity index (χ2v) is 7.95. The van der Waals surface area contributed by atoms with E-state index in [4.69, 9.17) is 18.8 Å². The number of ether oxygens (including phenoxy) is 1. The largest absolute Gasteiger partial charge is 0.493 e. The Labute approximate surface area is 192 Å². The van der Waals surface area contributed by atoms with Crippen LogP contribution in [0.5, 0.6) is 5.75 Å². The van der Waals surface area contributed by atoms with Gasteiger partial charge in [-0.25, -0.2) is 0 Å². The molecule has 0 aliphatic carbocycles. The Kier molecular flexibility index (Phi) is 7.25. The number of carboxylic acid groups (broad SMARTS) is 1. The SMILES string of the molecule is Cc1onc(Cc2ccccc2OCCCCCC(=O)O)c1-c1ccc(-c2ccco2)cc1. The van der Waals surface area contributed by atoms with Crippen molar-refractivity contribution in [2.45, 2.75) is 39.0 Å². The third-order valence-electron chi connectivity index (χ3n) is 5.54. The lowest BCUT2D eigenvalue weighted by Gasteiger charge is -2.11. The maximum atomic E-state index is 10.6. The molecule has 0 fully saturated rings. The van der Waals surface area contributed by atoms with Gasteiger partial charge in [0.1, 0.15) is 17.3 Å². The van der Waals surface area contributed by atoms with Gasteiger partial charge in [0, 0.05) is 29.5 Å². The number of aromatic nitrogens is 1. The molecule has 0 saturated heterocycles. The minimum absolute atomic E-state index is 0.202. The molecule has 2 aromatic carbocycles. The predicted octanol–water partition coefficient (Wildman–Crippen LogP) is 6.52. The summed E-state index contributed by atoms with van der Waals surface area (Å²) in [5, 5.41) is 13.1. The van der Waals surface area contributed by atoms with Crippen LogP contribution in [-0.2, 0) is 11.2 Å². The molecule has 4 rings (SSSR count). The van der Waals surface area contributed by atoms with E-state index in [1.165, 1.54) is 0 Å². The van der Waals surface area contributed by atoms with Crippen LogP contribution in [-0.4, -0.2) is 22.8 Å². The molecule has 2 heterocycles. The quantitative estimate of drug-likeness (QED) is 0.264. The van der Waals surface area contributed by atoms with Crippen molar-refractivity contribution < 1.29 is 23.6 Å². The van der Waals surface area contributed by atoms with Crippen molar-refractivity contribution in [2.75, 3.05) is 6.61 Å². The molecule has 6 nitrogen and oxygen atoms in total. The van der Waals surface area contributed by atoms with Crippen molar-refractivity contribution in [1.82, 2.24) is 5.16 Å². The van der Waals surface area contributed by atoms with Gasteiger partial charge >= 0.3 is 5.97 Å². The van der Waals surface area contributed by atoms with Gasteiger partial charge in [0.2, 0.25) is 0 Å². The van der Waals surface area contributed by atoms with Crippen LogP contribution in [0.2, 0.25) is 0 Å². The van der Waals surface area contributed by atoms with Gasteiger partial charge in [0.25, 0.3) is 0 Å². The number of nitrogens with zero attached hydrogens (tertiary/aromatic N) is 1. The molecule has 170 valence electrons. The highest BCUT2D eigenvalue weighted by atomic mass is 16.5. The molecule has 0 atom stereocenters. The summed E-state index contributed by atoms with van der Waals surface area (Å²) < 4.78 is 17.0. The normalized spacial score (nSPS) is 10.9. The molecule has 0 spiro atoms. The Morgan fingerprint density at radius 2 is 1.76 bits per heavy atom. The summed E-state index contributed by atoms with van der Waals surface area (Å²) >= 11 is 0. The first-order chi connectivity index (χ1) is 16.1. The highest BCUT2D eigenvalue weighted by Gasteiger charge is 2.17. The minimum atomic E-state index is -0.754. The molecule has 0 amide bonds. The van der Waals surface area contributed by atoms with Gasteiger partial charge in [0.15, 0.2) is 0 Å². The van der Waals surface area contributed by atoms with Crippen LogP contribution < -0.4 is 4.74 Å². The summed E-state index contributed by atoms with van der Waals surface area (Å²) in [6.07, 6.45) is 4.77. The van der Waals surface area contributed by atoms with Crippen LogP contribution in [0, 0.1) is 6.92 Å². The molecule has 0 unspecified atom stereocenters. The second-order valence-electron chi connectivity index (χ2n) is 7.95. The molecule has 1 N–H and O–H groups in total. The first kappa shape index (κ1) is 22.4. The first-order valence-electron chi connectivity index (χ1n) is 11.1. The van der Waals surface area contributed by atoms with Crippen molar-refractivity contribution in [2.24, 2.45) is 0 Å². The molecule has 0 aliphatic rings. The summed E-state index contributed by atoms with van der Waals surface area (Å²) in [6.45, 7) is 2.47. The number of carboxylic acids is 1. The molecule has 0 saturated carbocycles. The average molecular weight is 446 g/mol. The van der Waals surface area contributed by atoms with Crippen molar-refractivity contribution >= 4 is 5.97 Å². The number of rotatable bonds is 11. The van der Waals surface area contributed by atoms with Crippen LogP contribution in [0.15, 0.2) is 75.9 Å². The van der Waals surface area contributed by atoms with E-state index in [0.29, 0.717) is 19.4 Å². The van der Waals surface area contributed by atoms with Crippen molar-refractivity contribution in [1.29, 1.82) is 0 Å². The lowest BCUT2D eigenvalue weighted by Crippen LogP contribution is -2.02. The van der Waals surface area contributed by atoms with Crippen LogP contribution in [0.4, 0.5) is 0 Å². The molecule has 4 aromatic rings. The third-order valence-corrected chi connectivity index (χ3v) is 5.54. The molecule has 6 heteroatoms. The molecular formula is C27H27NO5.